The van der Waals surface area contributed by atoms with Crippen LogP contribution in [0.5, 0.6) is 0 Å². The number of carbonyl (C=O) groups excluding carboxylic acids is 1. The molecule has 0 saturated heterocycles. The third kappa shape index (κ3) is 1.43. The Morgan fingerprint density at radius 3 is 2.86 bits per heavy atom. The van der Waals surface area contributed by atoms with Gasteiger partial charge in [0.1, 0.15) is 6.10 Å². The van der Waals surface area contributed by atoms with Crippen LogP contribution in [-0.4, -0.2) is 16.8 Å². The molecule has 76 valence electrons. The molecule has 1 unspecified atom stereocenters. The van der Waals surface area contributed by atoms with Gasteiger partial charge in [-0.2, -0.15) is 0 Å². The van der Waals surface area contributed by atoms with E-state index in [2.05, 4.69) is 20.8 Å². The normalized spacial score (nSPS) is 21.6. The summed E-state index contributed by atoms with van der Waals surface area (Å²) >= 11 is 0. The van der Waals surface area contributed by atoms with Gasteiger partial charge in [-0.3, -0.25) is 4.57 Å². The molecule has 1 aromatic rings. The van der Waals surface area contributed by atoms with E-state index in [0.29, 0.717) is 0 Å². The van der Waals surface area contributed by atoms with Gasteiger partial charge >= 0.3 is 6.09 Å². The fraction of sp³-hybridized carbons (Fsp3) is 0.545. The van der Waals surface area contributed by atoms with E-state index in [9.17, 15) is 4.79 Å². The summed E-state index contributed by atoms with van der Waals surface area (Å²) in [5.74, 6) is 0. The highest BCUT2D eigenvalue weighted by Crippen LogP contribution is 2.29. The SMILES string of the molecule is CC(C)(C)C1Cc2cccn2C(=O)O1. The van der Waals surface area contributed by atoms with Crippen molar-refractivity contribution in [2.75, 3.05) is 0 Å². The first-order valence-electron chi connectivity index (χ1n) is 4.86. The lowest BCUT2D eigenvalue weighted by Crippen LogP contribution is -2.39. The second-order valence-corrected chi connectivity index (χ2v) is 4.81. The van der Waals surface area contributed by atoms with Crippen molar-refractivity contribution in [2.45, 2.75) is 33.3 Å². The number of fused-ring (bicyclic) bond motifs is 1. The van der Waals surface area contributed by atoms with Crippen molar-refractivity contribution in [3.8, 4) is 0 Å². The summed E-state index contributed by atoms with van der Waals surface area (Å²) in [4.78, 5) is 11.5. The molecular weight excluding hydrogens is 178 g/mol. The van der Waals surface area contributed by atoms with E-state index in [0.717, 1.165) is 12.1 Å². The molecule has 2 rings (SSSR count). The summed E-state index contributed by atoms with van der Waals surface area (Å²) in [6, 6.07) is 3.85. The number of cyclic esters (lactones) is 1. The van der Waals surface area contributed by atoms with Crippen LogP contribution >= 0.6 is 0 Å². The number of hydrogen-bond donors (Lipinski definition) is 0. The van der Waals surface area contributed by atoms with Crippen molar-refractivity contribution in [1.82, 2.24) is 4.57 Å². The lowest BCUT2D eigenvalue weighted by Gasteiger charge is -2.33. The number of ether oxygens (including phenoxy) is 1. The minimum atomic E-state index is -0.254. The van der Waals surface area contributed by atoms with Crippen LogP contribution in [0.15, 0.2) is 18.3 Å². The number of aromatic nitrogens is 1. The monoisotopic (exact) mass is 193 g/mol. The Kier molecular flexibility index (Phi) is 1.91. The van der Waals surface area contributed by atoms with E-state index < -0.39 is 0 Å². The van der Waals surface area contributed by atoms with Gasteiger partial charge in [-0.05, 0) is 17.5 Å². The number of carbonyl (C=O) groups is 1. The molecule has 0 radical (unpaired) electrons. The van der Waals surface area contributed by atoms with Crippen molar-refractivity contribution in [1.29, 1.82) is 0 Å². The summed E-state index contributed by atoms with van der Waals surface area (Å²) in [5.41, 5.74) is 1.05. The molecule has 3 heteroatoms. The smallest absolute Gasteiger partial charge is 0.418 e. The second kappa shape index (κ2) is 2.87. The van der Waals surface area contributed by atoms with Crippen molar-refractivity contribution < 1.29 is 9.53 Å². The summed E-state index contributed by atoms with van der Waals surface area (Å²) in [7, 11) is 0. The first-order valence-corrected chi connectivity index (χ1v) is 4.86. The topological polar surface area (TPSA) is 31.2 Å². The number of rotatable bonds is 0. The van der Waals surface area contributed by atoms with Crippen LogP contribution < -0.4 is 0 Å². The number of nitrogens with zero attached hydrogens (tertiary/aromatic N) is 1. The van der Waals surface area contributed by atoms with Gasteiger partial charge in [-0.1, -0.05) is 20.8 Å². The van der Waals surface area contributed by atoms with Crippen molar-refractivity contribution >= 4 is 6.09 Å². The fourth-order valence-corrected chi connectivity index (χ4v) is 1.65. The van der Waals surface area contributed by atoms with Crippen LogP contribution in [0.1, 0.15) is 26.5 Å². The molecule has 2 heterocycles. The highest BCUT2D eigenvalue weighted by atomic mass is 16.6. The highest BCUT2D eigenvalue weighted by Gasteiger charge is 2.33. The van der Waals surface area contributed by atoms with E-state index in [4.69, 9.17) is 4.74 Å². The first kappa shape index (κ1) is 9.31. The quantitative estimate of drug-likeness (QED) is 0.633. The third-order valence-electron chi connectivity index (χ3n) is 2.63. The molecule has 0 amide bonds. The van der Waals surface area contributed by atoms with Gasteiger partial charge in [0.2, 0.25) is 0 Å². The van der Waals surface area contributed by atoms with Crippen LogP contribution in [0.3, 0.4) is 0 Å². The van der Waals surface area contributed by atoms with Gasteiger partial charge < -0.3 is 4.74 Å². The largest absolute Gasteiger partial charge is 0.445 e. The maximum absolute atomic E-state index is 11.5. The molecule has 1 aliphatic heterocycles. The molecule has 0 aliphatic carbocycles. The molecular formula is C11H15NO2. The third-order valence-corrected chi connectivity index (χ3v) is 2.63. The zero-order valence-corrected chi connectivity index (χ0v) is 8.78. The summed E-state index contributed by atoms with van der Waals surface area (Å²) in [5, 5.41) is 0. The molecule has 0 spiro atoms. The van der Waals surface area contributed by atoms with Crippen molar-refractivity contribution in [3.63, 3.8) is 0 Å². The van der Waals surface area contributed by atoms with Crippen LogP contribution in [0.2, 0.25) is 0 Å². The fourth-order valence-electron chi connectivity index (χ4n) is 1.65. The average molecular weight is 193 g/mol. The summed E-state index contributed by atoms with van der Waals surface area (Å²) in [6.07, 6.45) is 2.28. The highest BCUT2D eigenvalue weighted by molar-refractivity contribution is 5.73. The summed E-state index contributed by atoms with van der Waals surface area (Å²) in [6.45, 7) is 6.26. The van der Waals surface area contributed by atoms with Crippen molar-refractivity contribution in [3.05, 3.63) is 24.0 Å². The maximum atomic E-state index is 11.5. The van der Waals surface area contributed by atoms with Gasteiger partial charge in [0, 0.05) is 18.3 Å². The Hall–Kier alpha value is -1.25. The molecule has 1 aromatic heterocycles. The van der Waals surface area contributed by atoms with E-state index >= 15 is 0 Å². The van der Waals surface area contributed by atoms with Crippen molar-refractivity contribution in [2.24, 2.45) is 5.41 Å². The molecule has 0 bridgehead atoms. The van der Waals surface area contributed by atoms with Gasteiger partial charge in [-0.25, -0.2) is 4.79 Å². The Bertz CT molecular complexity index is 360. The molecule has 1 atom stereocenters. The van der Waals surface area contributed by atoms with Gasteiger partial charge in [0.05, 0.1) is 0 Å². The maximum Gasteiger partial charge on any atom is 0.418 e. The predicted molar refractivity (Wildman–Crippen MR) is 53.3 cm³/mol. The molecule has 1 aliphatic rings. The minimum absolute atomic E-state index is 0.00514. The molecule has 0 fully saturated rings. The Morgan fingerprint density at radius 2 is 2.21 bits per heavy atom. The molecule has 0 aromatic carbocycles. The average Bonchev–Trinajstić information content (AvgIpc) is 2.50. The van der Waals surface area contributed by atoms with E-state index in [1.165, 1.54) is 0 Å². The Labute approximate surface area is 83.7 Å². The van der Waals surface area contributed by atoms with Gasteiger partial charge in [0.15, 0.2) is 0 Å². The zero-order chi connectivity index (χ0) is 10.3. The van der Waals surface area contributed by atoms with E-state index in [-0.39, 0.29) is 17.6 Å². The molecule has 0 N–H and O–H groups in total. The molecule has 14 heavy (non-hydrogen) atoms. The van der Waals surface area contributed by atoms with Crippen LogP contribution in [-0.2, 0) is 11.2 Å². The van der Waals surface area contributed by atoms with Gasteiger partial charge in [0.25, 0.3) is 0 Å². The molecule has 0 saturated carbocycles. The first-order chi connectivity index (χ1) is 6.48. The standard InChI is InChI=1S/C11H15NO2/c1-11(2,3)9-7-8-5-4-6-12(8)10(13)14-9/h4-6,9H,7H2,1-3H3. The second-order valence-electron chi connectivity index (χ2n) is 4.81. The van der Waals surface area contributed by atoms with Crippen LogP contribution in [0.4, 0.5) is 4.79 Å². The van der Waals surface area contributed by atoms with E-state index in [1.807, 2.05) is 12.1 Å². The predicted octanol–water partition coefficient (Wildman–Crippen LogP) is 2.44. The van der Waals surface area contributed by atoms with E-state index in [1.54, 1.807) is 10.8 Å². The summed E-state index contributed by atoms with van der Waals surface area (Å²) < 4.78 is 6.93. The Balaban J connectivity index is 2.30. The lowest BCUT2D eigenvalue weighted by molar-refractivity contribution is 0.0205. The van der Waals surface area contributed by atoms with Crippen LogP contribution in [0.25, 0.3) is 0 Å². The lowest BCUT2D eigenvalue weighted by atomic mass is 9.86. The number of hydrogen-bond acceptors (Lipinski definition) is 2. The zero-order valence-electron chi connectivity index (χ0n) is 8.78. The molecule has 3 nitrogen and oxygen atoms in total. The van der Waals surface area contributed by atoms with Gasteiger partial charge in [-0.15, -0.1) is 0 Å². The minimum Gasteiger partial charge on any atom is -0.445 e. The van der Waals surface area contributed by atoms with Crippen LogP contribution in [0, 0.1) is 5.41 Å². The Morgan fingerprint density at radius 1 is 1.50 bits per heavy atom.